The van der Waals surface area contributed by atoms with Crippen LogP contribution in [0, 0.1) is 5.82 Å². The molecule has 0 radical (unpaired) electrons. The molecule has 1 unspecified atom stereocenters. The van der Waals surface area contributed by atoms with E-state index in [0.29, 0.717) is 5.02 Å². The number of rotatable bonds is 2. The van der Waals surface area contributed by atoms with Gasteiger partial charge in [0.2, 0.25) is 0 Å². The van der Waals surface area contributed by atoms with E-state index < -0.39 is 11.9 Å². The second-order valence-corrected chi connectivity index (χ2v) is 4.51. The van der Waals surface area contributed by atoms with Crippen LogP contribution < -0.4 is 5.73 Å². The summed E-state index contributed by atoms with van der Waals surface area (Å²) in [5, 5.41) is 10.6. The van der Waals surface area contributed by atoms with Gasteiger partial charge in [-0.05, 0) is 18.2 Å². The largest absolute Gasteiger partial charge is 0.383 e. The van der Waals surface area contributed by atoms with Gasteiger partial charge < -0.3 is 10.8 Å². The fourth-order valence-corrected chi connectivity index (χ4v) is 2.04. The molecule has 1 aromatic heterocycles. The molecular formula is C12H9Cl2FN2O. The lowest BCUT2D eigenvalue weighted by Gasteiger charge is -2.15. The van der Waals surface area contributed by atoms with Crippen molar-refractivity contribution in [1.82, 2.24) is 4.98 Å². The van der Waals surface area contributed by atoms with Crippen LogP contribution in [0.5, 0.6) is 0 Å². The number of hydrogen-bond acceptors (Lipinski definition) is 3. The highest BCUT2D eigenvalue weighted by molar-refractivity contribution is 6.31. The van der Waals surface area contributed by atoms with Crippen LogP contribution in [-0.2, 0) is 0 Å². The number of nitrogen functional groups attached to an aromatic ring is 1. The van der Waals surface area contributed by atoms with Crippen molar-refractivity contribution in [2.45, 2.75) is 6.10 Å². The van der Waals surface area contributed by atoms with Gasteiger partial charge in [0.15, 0.2) is 0 Å². The van der Waals surface area contributed by atoms with E-state index in [1.54, 1.807) is 0 Å². The molecule has 0 aliphatic carbocycles. The SMILES string of the molecule is Nc1ncc(Cl)cc1C(O)c1c(F)cccc1Cl. The Hall–Kier alpha value is -1.36. The van der Waals surface area contributed by atoms with E-state index in [2.05, 4.69) is 4.98 Å². The van der Waals surface area contributed by atoms with Crippen LogP contribution in [0.25, 0.3) is 0 Å². The Labute approximate surface area is 113 Å². The van der Waals surface area contributed by atoms with Crippen LogP contribution in [0.4, 0.5) is 10.2 Å². The molecule has 1 aromatic carbocycles. The predicted octanol–water partition coefficient (Wildman–Crippen LogP) is 3.19. The van der Waals surface area contributed by atoms with E-state index in [-0.39, 0.29) is 22.0 Å². The number of pyridine rings is 1. The molecule has 2 rings (SSSR count). The minimum atomic E-state index is -1.31. The molecule has 0 bridgehead atoms. The molecule has 0 saturated carbocycles. The van der Waals surface area contributed by atoms with Gasteiger partial charge in [0.1, 0.15) is 17.7 Å². The Morgan fingerprint density at radius 3 is 2.72 bits per heavy atom. The van der Waals surface area contributed by atoms with Crippen LogP contribution in [-0.4, -0.2) is 10.1 Å². The summed E-state index contributed by atoms with van der Waals surface area (Å²) >= 11 is 11.6. The van der Waals surface area contributed by atoms with E-state index in [9.17, 15) is 9.50 Å². The molecule has 0 saturated heterocycles. The first kappa shape index (κ1) is 13.1. The molecule has 94 valence electrons. The highest BCUT2D eigenvalue weighted by Gasteiger charge is 2.21. The molecular weight excluding hydrogens is 278 g/mol. The number of benzene rings is 1. The number of aliphatic hydroxyl groups excluding tert-OH is 1. The molecule has 0 fully saturated rings. The first-order valence-corrected chi connectivity index (χ1v) is 5.79. The van der Waals surface area contributed by atoms with Gasteiger partial charge in [0.25, 0.3) is 0 Å². The zero-order chi connectivity index (χ0) is 13.3. The standard InChI is InChI=1S/C12H9Cl2FN2O/c13-6-4-7(12(16)17-5-6)11(18)10-8(14)2-1-3-9(10)15/h1-5,11,18H,(H2,16,17). The monoisotopic (exact) mass is 286 g/mol. The molecule has 2 aromatic rings. The third-order valence-electron chi connectivity index (χ3n) is 2.48. The van der Waals surface area contributed by atoms with Crippen LogP contribution in [0.15, 0.2) is 30.5 Å². The molecule has 0 amide bonds. The normalized spacial score (nSPS) is 12.4. The zero-order valence-electron chi connectivity index (χ0n) is 9.07. The first-order valence-electron chi connectivity index (χ1n) is 5.03. The molecule has 0 aliphatic rings. The average Bonchev–Trinajstić information content (AvgIpc) is 2.32. The minimum absolute atomic E-state index is 0.0464. The van der Waals surface area contributed by atoms with Gasteiger partial charge in [-0.25, -0.2) is 9.37 Å². The van der Waals surface area contributed by atoms with Gasteiger partial charge in [0.05, 0.1) is 5.02 Å². The fraction of sp³-hybridized carbons (Fsp3) is 0.0833. The van der Waals surface area contributed by atoms with Crippen molar-refractivity contribution in [3.63, 3.8) is 0 Å². The maximum absolute atomic E-state index is 13.7. The van der Waals surface area contributed by atoms with Crippen molar-refractivity contribution in [2.75, 3.05) is 5.73 Å². The Balaban J connectivity index is 2.54. The van der Waals surface area contributed by atoms with Crippen molar-refractivity contribution >= 4 is 29.0 Å². The summed E-state index contributed by atoms with van der Waals surface area (Å²) in [5.74, 6) is -0.541. The quantitative estimate of drug-likeness (QED) is 0.891. The average molecular weight is 287 g/mol. The van der Waals surface area contributed by atoms with Crippen molar-refractivity contribution < 1.29 is 9.50 Å². The molecule has 3 N–H and O–H groups in total. The molecule has 3 nitrogen and oxygen atoms in total. The molecule has 6 heteroatoms. The van der Waals surface area contributed by atoms with Gasteiger partial charge in [-0.1, -0.05) is 29.3 Å². The van der Waals surface area contributed by atoms with Crippen LogP contribution in [0.2, 0.25) is 10.0 Å². The highest BCUT2D eigenvalue weighted by atomic mass is 35.5. The highest BCUT2D eigenvalue weighted by Crippen LogP contribution is 2.33. The Kier molecular flexibility index (Phi) is 3.71. The maximum atomic E-state index is 13.7. The van der Waals surface area contributed by atoms with Crippen molar-refractivity contribution in [3.05, 3.63) is 57.5 Å². The molecule has 0 aliphatic heterocycles. The summed E-state index contributed by atoms with van der Waals surface area (Å²) in [7, 11) is 0. The summed E-state index contributed by atoms with van der Waals surface area (Å²) < 4.78 is 13.7. The summed E-state index contributed by atoms with van der Waals surface area (Å²) in [4.78, 5) is 3.80. The van der Waals surface area contributed by atoms with Gasteiger partial charge in [0, 0.05) is 22.3 Å². The van der Waals surface area contributed by atoms with E-state index in [1.807, 2.05) is 0 Å². The molecule has 1 heterocycles. The number of anilines is 1. The Morgan fingerprint density at radius 2 is 2.06 bits per heavy atom. The zero-order valence-corrected chi connectivity index (χ0v) is 10.6. The lowest BCUT2D eigenvalue weighted by molar-refractivity contribution is 0.215. The second kappa shape index (κ2) is 5.10. The lowest BCUT2D eigenvalue weighted by Crippen LogP contribution is -2.08. The summed E-state index contributed by atoms with van der Waals surface area (Å²) in [6.07, 6.45) is 0.0284. The van der Waals surface area contributed by atoms with E-state index in [0.717, 1.165) is 0 Å². The molecule has 0 spiro atoms. The molecule has 18 heavy (non-hydrogen) atoms. The van der Waals surface area contributed by atoms with E-state index in [1.165, 1.54) is 30.5 Å². The van der Waals surface area contributed by atoms with Gasteiger partial charge in [-0.15, -0.1) is 0 Å². The minimum Gasteiger partial charge on any atom is -0.383 e. The maximum Gasteiger partial charge on any atom is 0.130 e. The van der Waals surface area contributed by atoms with Gasteiger partial charge in [-0.2, -0.15) is 0 Å². The van der Waals surface area contributed by atoms with Crippen LogP contribution in [0.1, 0.15) is 17.2 Å². The number of nitrogens with two attached hydrogens (primary N) is 1. The van der Waals surface area contributed by atoms with E-state index >= 15 is 0 Å². The first-order chi connectivity index (χ1) is 8.50. The number of halogens is 3. The van der Waals surface area contributed by atoms with E-state index in [4.69, 9.17) is 28.9 Å². The Bertz CT molecular complexity index is 572. The van der Waals surface area contributed by atoms with Crippen molar-refractivity contribution in [2.24, 2.45) is 0 Å². The Morgan fingerprint density at radius 1 is 1.33 bits per heavy atom. The number of hydrogen-bond donors (Lipinski definition) is 2. The van der Waals surface area contributed by atoms with Crippen LogP contribution >= 0.6 is 23.2 Å². The van der Waals surface area contributed by atoms with Gasteiger partial charge >= 0.3 is 0 Å². The summed E-state index contributed by atoms with van der Waals surface area (Å²) in [5.41, 5.74) is 5.80. The summed E-state index contributed by atoms with van der Waals surface area (Å²) in [6.45, 7) is 0. The number of nitrogens with zero attached hydrogens (tertiary/aromatic N) is 1. The van der Waals surface area contributed by atoms with Crippen molar-refractivity contribution in [3.8, 4) is 0 Å². The number of aromatic nitrogens is 1. The van der Waals surface area contributed by atoms with Gasteiger partial charge in [-0.3, -0.25) is 0 Å². The third-order valence-corrected chi connectivity index (χ3v) is 3.02. The summed E-state index contributed by atoms with van der Waals surface area (Å²) in [6, 6.07) is 5.57. The topological polar surface area (TPSA) is 59.1 Å². The second-order valence-electron chi connectivity index (χ2n) is 3.67. The third kappa shape index (κ3) is 2.41. The smallest absolute Gasteiger partial charge is 0.130 e. The number of aliphatic hydroxyl groups is 1. The van der Waals surface area contributed by atoms with Crippen LogP contribution in [0.3, 0.4) is 0 Å². The fourth-order valence-electron chi connectivity index (χ4n) is 1.61. The lowest BCUT2D eigenvalue weighted by atomic mass is 10.0. The molecule has 1 atom stereocenters. The van der Waals surface area contributed by atoms with Crippen molar-refractivity contribution in [1.29, 1.82) is 0 Å². The predicted molar refractivity (Wildman–Crippen MR) is 69.1 cm³/mol.